The molecule has 0 spiro atoms. The Morgan fingerprint density at radius 3 is 2.64 bits per heavy atom. The number of rotatable bonds is 7. The van der Waals surface area contributed by atoms with E-state index >= 15 is 0 Å². The molecule has 1 heterocycles. The van der Waals surface area contributed by atoms with Crippen LogP contribution in [0.3, 0.4) is 0 Å². The number of aryl methyl sites for hydroxylation is 1. The van der Waals surface area contributed by atoms with Crippen molar-refractivity contribution in [2.45, 2.75) is 6.92 Å². The Labute approximate surface area is 162 Å². The molecule has 28 heavy (non-hydrogen) atoms. The van der Waals surface area contributed by atoms with Crippen LogP contribution in [0.2, 0.25) is 0 Å². The zero-order valence-electron chi connectivity index (χ0n) is 15.9. The van der Waals surface area contributed by atoms with Crippen molar-refractivity contribution in [1.82, 2.24) is 10.4 Å². The molecule has 0 radical (unpaired) electrons. The number of hydrogen-bond acceptors (Lipinski definition) is 6. The third-order valence-electron chi connectivity index (χ3n) is 4.12. The first-order valence-corrected chi connectivity index (χ1v) is 8.63. The van der Waals surface area contributed by atoms with Gasteiger partial charge in [-0.2, -0.15) is 5.10 Å². The summed E-state index contributed by atoms with van der Waals surface area (Å²) in [5, 5.41) is 4.94. The summed E-state index contributed by atoms with van der Waals surface area (Å²) in [6.45, 7) is 1.75. The molecule has 2 aromatic carbocycles. The van der Waals surface area contributed by atoms with E-state index in [9.17, 15) is 4.79 Å². The van der Waals surface area contributed by atoms with Crippen LogP contribution in [0.15, 0.2) is 53.8 Å². The van der Waals surface area contributed by atoms with Crippen molar-refractivity contribution in [3.63, 3.8) is 0 Å². The average Bonchev–Trinajstić information content (AvgIpc) is 2.73. The lowest BCUT2D eigenvalue weighted by Crippen LogP contribution is -2.24. The van der Waals surface area contributed by atoms with Gasteiger partial charge in [-0.05, 0) is 36.8 Å². The van der Waals surface area contributed by atoms with Crippen LogP contribution in [0, 0.1) is 6.92 Å². The second kappa shape index (κ2) is 8.85. The van der Waals surface area contributed by atoms with E-state index in [-0.39, 0.29) is 12.5 Å². The van der Waals surface area contributed by atoms with Gasteiger partial charge in [-0.3, -0.25) is 9.78 Å². The lowest BCUT2D eigenvalue weighted by Gasteiger charge is -2.10. The van der Waals surface area contributed by atoms with Gasteiger partial charge in [0.05, 0.1) is 20.4 Å². The number of nitrogens with one attached hydrogen (secondary N) is 1. The Kier molecular flexibility index (Phi) is 6.06. The number of ether oxygens (including phenoxy) is 3. The maximum Gasteiger partial charge on any atom is 0.277 e. The molecule has 7 nitrogen and oxygen atoms in total. The van der Waals surface area contributed by atoms with Crippen molar-refractivity contribution in [3.8, 4) is 17.2 Å². The topological polar surface area (TPSA) is 82.0 Å². The standard InChI is InChI=1S/C21H21N3O4/c1-14-10-18(26-2)19(27-3)11-16(14)12-23-24-20(25)13-28-17-8-4-6-15-7-5-9-22-21(15)17/h4-12H,13H2,1-3H3,(H,24,25)/b23-12-. The number of benzene rings is 2. The van der Waals surface area contributed by atoms with Gasteiger partial charge >= 0.3 is 0 Å². The molecular weight excluding hydrogens is 358 g/mol. The Morgan fingerprint density at radius 2 is 1.86 bits per heavy atom. The summed E-state index contributed by atoms with van der Waals surface area (Å²) in [6.07, 6.45) is 3.24. The van der Waals surface area contributed by atoms with Crippen LogP contribution < -0.4 is 19.6 Å². The molecule has 0 saturated heterocycles. The maximum absolute atomic E-state index is 12.0. The second-order valence-electron chi connectivity index (χ2n) is 5.98. The number of aromatic nitrogens is 1. The van der Waals surface area contributed by atoms with Gasteiger partial charge in [0.2, 0.25) is 0 Å². The maximum atomic E-state index is 12.0. The van der Waals surface area contributed by atoms with E-state index in [0.29, 0.717) is 22.8 Å². The fourth-order valence-electron chi connectivity index (χ4n) is 2.68. The molecule has 0 aliphatic carbocycles. The Bertz CT molecular complexity index is 1010. The predicted molar refractivity (Wildman–Crippen MR) is 107 cm³/mol. The summed E-state index contributed by atoms with van der Waals surface area (Å²) in [4.78, 5) is 16.3. The number of methoxy groups -OCH3 is 2. The van der Waals surface area contributed by atoms with Gasteiger partial charge < -0.3 is 14.2 Å². The summed E-state index contributed by atoms with van der Waals surface area (Å²) in [5.74, 6) is 1.40. The van der Waals surface area contributed by atoms with E-state index in [2.05, 4.69) is 15.5 Å². The van der Waals surface area contributed by atoms with Gasteiger partial charge in [-0.1, -0.05) is 18.2 Å². The van der Waals surface area contributed by atoms with E-state index in [1.54, 1.807) is 38.8 Å². The average molecular weight is 379 g/mol. The van der Waals surface area contributed by atoms with Crippen molar-refractivity contribution in [2.24, 2.45) is 5.10 Å². The molecule has 0 aliphatic rings. The van der Waals surface area contributed by atoms with Gasteiger partial charge in [-0.15, -0.1) is 0 Å². The predicted octanol–water partition coefficient (Wildman–Crippen LogP) is 3.09. The van der Waals surface area contributed by atoms with Crippen LogP contribution in [0.4, 0.5) is 0 Å². The fourth-order valence-corrected chi connectivity index (χ4v) is 2.68. The number of carbonyl (C=O) groups is 1. The monoisotopic (exact) mass is 379 g/mol. The Morgan fingerprint density at radius 1 is 1.11 bits per heavy atom. The molecule has 0 bridgehead atoms. The molecule has 144 valence electrons. The van der Waals surface area contributed by atoms with Crippen molar-refractivity contribution < 1.29 is 19.0 Å². The van der Waals surface area contributed by atoms with Gasteiger partial charge in [0, 0.05) is 17.1 Å². The molecule has 0 aliphatic heterocycles. The van der Waals surface area contributed by atoms with Crippen molar-refractivity contribution in [2.75, 3.05) is 20.8 Å². The highest BCUT2D eigenvalue weighted by Crippen LogP contribution is 2.29. The third kappa shape index (κ3) is 4.37. The number of nitrogens with zero attached hydrogens (tertiary/aromatic N) is 2. The minimum absolute atomic E-state index is 0.169. The van der Waals surface area contributed by atoms with Crippen LogP contribution in [0.25, 0.3) is 10.9 Å². The first kappa shape index (κ1) is 19.2. The molecule has 3 rings (SSSR count). The number of amides is 1. The number of hydrogen-bond donors (Lipinski definition) is 1. The van der Waals surface area contributed by atoms with Crippen LogP contribution in [0.5, 0.6) is 17.2 Å². The van der Waals surface area contributed by atoms with Crippen LogP contribution >= 0.6 is 0 Å². The molecule has 0 unspecified atom stereocenters. The van der Waals surface area contributed by atoms with Gasteiger partial charge in [-0.25, -0.2) is 5.43 Å². The molecule has 0 atom stereocenters. The zero-order valence-corrected chi connectivity index (χ0v) is 15.9. The minimum Gasteiger partial charge on any atom is -0.493 e. The number of pyridine rings is 1. The highest BCUT2D eigenvalue weighted by atomic mass is 16.5. The summed E-state index contributed by atoms with van der Waals surface area (Å²) in [7, 11) is 3.14. The lowest BCUT2D eigenvalue weighted by molar-refractivity contribution is -0.123. The summed E-state index contributed by atoms with van der Waals surface area (Å²) in [5.41, 5.74) is 4.91. The highest BCUT2D eigenvalue weighted by Gasteiger charge is 2.08. The van der Waals surface area contributed by atoms with E-state index < -0.39 is 0 Å². The summed E-state index contributed by atoms with van der Waals surface area (Å²) < 4.78 is 16.1. The van der Waals surface area contributed by atoms with Crippen molar-refractivity contribution in [1.29, 1.82) is 0 Å². The Hall–Kier alpha value is -3.61. The smallest absolute Gasteiger partial charge is 0.277 e. The Balaban J connectivity index is 1.61. The van der Waals surface area contributed by atoms with E-state index in [4.69, 9.17) is 14.2 Å². The second-order valence-corrected chi connectivity index (χ2v) is 5.98. The first-order valence-electron chi connectivity index (χ1n) is 8.63. The quantitative estimate of drug-likeness (QED) is 0.504. The molecule has 3 aromatic rings. The van der Waals surface area contributed by atoms with E-state index in [1.807, 2.05) is 37.3 Å². The van der Waals surface area contributed by atoms with Crippen molar-refractivity contribution in [3.05, 3.63) is 59.8 Å². The highest BCUT2D eigenvalue weighted by molar-refractivity contribution is 5.86. The normalized spacial score (nSPS) is 10.8. The molecule has 0 fully saturated rings. The summed E-state index contributed by atoms with van der Waals surface area (Å²) in [6, 6.07) is 13.0. The number of fused-ring (bicyclic) bond motifs is 1. The van der Waals surface area contributed by atoms with Crippen LogP contribution in [0.1, 0.15) is 11.1 Å². The fraction of sp³-hybridized carbons (Fsp3) is 0.190. The lowest BCUT2D eigenvalue weighted by atomic mass is 10.1. The summed E-state index contributed by atoms with van der Waals surface area (Å²) >= 11 is 0. The van der Waals surface area contributed by atoms with Gasteiger partial charge in [0.15, 0.2) is 18.1 Å². The molecule has 0 saturated carbocycles. The van der Waals surface area contributed by atoms with Crippen LogP contribution in [-0.2, 0) is 4.79 Å². The number of para-hydroxylation sites is 1. The number of carbonyl (C=O) groups excluding carboxylic acids is 1. The van der Waals surface area contributed by atoms with E-state index in [1.165, 1.54) is 0 Å². The SMILES string of the molecule is COc1cc(C)c(/C=N\NC(=O)COc2cccc3cccnc23)cc1OC. The largest absolute Gasteiger partial charge is 0.493 e. The van der Waals surface area contributed by atoms with Gasteiger partial charge in [0.1, 0.15) is 11.3 Å². The third-order valence-corrected chi connectivity index (χ3v) is 4.12. The molecule has 1 amide bonds. The molecular formula is C21H21N3O4. The molecule has 1 aromatic heterocycles. The van der Waals surface area contributed by atoms with E-state index in [0.717, 1.165) is 16.5 Å². The zero-order chi connectivity index (χ0) is 19.9. The first-order chi connectivity index (χ1) is 13.6. The number of hydrazone groups is 1. The molecule has 1 N–H and O–H groups in total. The molecule has 7 heteroatoms. The van der Waals surface area contributed by atoms with Gasteiger partial charge in [0.25, 0.3) is 5.91 Å². The van der Waals surface area contributed by atoms with Crippen LogP contribution in [-0.4, -0.2) is 37.9 Å². The minimum atomic E-state index is -0.373. The van der Waals surface area contributed by atoms with Crippen molar-refractivity contribution >= 4 is 23.0 Å².